The van der Waals surface area contributed by atoms with Crippen molar-refractivity contribution >= 4 is 21.6 Å². The highest BCUT2D eigenvalue weighted by Crippen LogP contribution is 2.35. The van der Waals surface area contributed by atoms with Gasteiger partial charge in [-0.1, -0.05) is 35.8 Å². The van der Waals surface area contributed by atoms with E-state index in [0.717, 1.165) is 17.6 Å². The Labute approximate surface area is 119 Å². The van der Waals surface area contributed by atoms with Gasteiger partial charge < -0.3 is 10.6 Å². The SMILES string of the molecule is CC(N)c1ccc(Br)cc1N1CCC(C)(C)CC1. The van der Waals surface area contributed by atoms with Crippen LogP contribution in [0.15, 0.2) is 22.7 Å². The average Bonchev–Trinajstić information content (AvgIpc) is 2.28. The second-order valence-corrected chi connectivity index (χ2v) is 7.06. The van der Waals surface area contributed by atoms with Crippen LogP contribution in [0.5, 0.6) is 0 Å². The van der Waals surface area contributed by atoms with Crippen LogP contribution < -0.4 is 10.6 Å². The smallest absolute Gasteiger partial charge is 0.0425 e. The Morgan fingerprint density at radius 2 is 1.89 bits per heavy atom. The van der Waals surface area contributed by atoms with Crippen LogP contribution in [0.25, 0.3) is 0 Å². The maximum absolute atomic E-state index is 6.08. The molecule has 1 aromatic carbocycles. The monoisotopic (exact) mass is 310 g/mol. The van der Waals surface area contributed by atoms with Gasteiger partial charge in [-0.2, -0.15) is 0 Å². The molecular formula is C15H23BrN2. The molecule has 2 rings (SSSR count). The van der Waals surface area contributed by atoms with Crippen molar-refractivity contribution in [1.82, 2.24) is 0 Å². The summed E-state index contributed by atoms with van der Waals surface area (Å²) in [7, 11) is 0. The van der Waals surface area contributed by atoms with Crippen LogP contribution in [0.1, 0.15) is 45.2 Å². The Kier molecular flexibility index (Phi) is 4.02. The van der Waals surface area contributed by atoms with Crippen LogP contribution >= 0.6 is 15.9 Å². The fourth-order valence-corrected chi connectivity index (χ4v) is 2.88. The first-order valence-electron chi connectivity index (χ1n) is 6.69. The number of benzene rings is 1. The van der Waals surface area contributed by atoms with Crippen molar-refractivity contribution in [1.29, 1.82) is 0 Å². The zero-order valence-electron chi connectivity index (χ0n) is 11.5. The first-order chi connectivity index (χ1) is 8.39. The molecule has 0 aromatic heterocycles. The molecule has 0 bridgehead atoms. The van der Waals surface area contributed by atoms with Crippen LogP contribution in [-0.4, -0.2) is 13.1 Å². The number of halogens is 1. The lowest BCUT2D eigenvalue weighted by Crippen LogP contribution is -2.38. The molecule has 1 fully saturated rings. The van der Waals surface area contributed by atoms with E-state index < -0.39 is 0 Å². The zero-order valence-corrected chi connectivity index (χ0v) is 13.1. The molecule has 1 aliphatic heterocycles. The summed E-state index contributed by atoms with van der Waals surface area (Å²) in [5.74, 6) is 0. The number of nitrogens with two attached hydrogens (primary N) is 1. The van der Waals surface area contributed by atoms with Crippen LogP contribution in [-0.2, 0) is 0 Å². The highest BCUT2D eigenvalue weighted by atomic mass is 79.9. The molecule has 1 unspecified atom stereocenters. The van der Waals surface area contributed by atoms with Crippen molar-refractivity contribution in [3.63, 3.8) is 0 Å². The van der Waals surface area contributed by atoms with E-state index in [0.29, 0.717) is 5.41 Å². The summed E-state index contributed by atoms with van der Waals surface area (Å²) in [5, 5.41) is 0. The third kappa shape index (κ3) is 3.07. The normalized spacial score (nSPS) is 20.8. The van der Waals surface area contributed by atoms with E-state index in [1.807, 2.05) is 0 Å². The van der Waals surface area contributed by atoms with Gasteiger partial charge in [-0.25, -0.2) is 0 Å². The van der Waals surface area contributed by atoms with Gasteiger partial charge in [0.25, 0.3) is 0 Å². The summed E-state index contributed by atoms with van der Waals surface area (Å²) >= 11 is 3.57. The summed E-state index contributed by atoms with van der Waals surface area (Å²) in [4.78, 5) is 2.48. The number of nitrogens with zero attached hydrogens (tertiary/aromatic N) is 1. The lowest BCUT2D eigenvalue weighted by molar-refractivity contribution is 0.279. The van der Waals surface area contributed by atoms with Gasteiger partial charge in [-0.05, 0) is 42.9 Å². The minimum Gasteiger partial charge on any atom is -0.371 e. The van der Waals surface area contributed by atoms with Gasteiger partial charge in [0.05, 0.1) is 0 Å². The van der Waals surface area contributed by atoms with E-state index in [9.17, 15) is 0 Å². The van der Waals surface area contributed by atoms with Crippen molar-refractivity contribution in [3.05, 3.63) is 28.2 Å². The van der Waals surface area contributed by atoms with Crippen LogP contribution in [0, 0.1) is 5.41 Å². The highest BCUT2D eigenvalue weighted by Gasteiger charge is 2.26. The van der Waals surface area contributed by atoms with Gasteiger partial charge in [-0.3, -0.25) is 0 Å². The Balaban J connectivity index is 2.25. The molecule has 1 saturated heterocycles. The Bertz CT molecular complexity index is 417. The van der Waals surface area contributed by atoms with Crippen LogP contribution in [0.2, 0.25) is 0 Å². The number of anilines is 1. The van der Waals surface area contributed by atoms with E-state index in [1.54, 1.807) is 0 Å². The molecule has 0 aliphatic carbocycles. The van der Waals surface area contributed by atoms with E-state index in [2.05, 4.69) is 59.8 Å². The van der Waals surface area contributed by atoms with Gasteiger partial charge >= 0.3 is 0 Å². The summed E-state index contributed by atoms with van der Waals surface area (Å²) in [6.07, 6.45) is 2.50. The maximum Gasteiger partial charge on any atom is 0.0425 e. The van der Waals surface area contributed by atoms with E-state index in [4.69, 9.17) is 5.73 Å². The first-order valence-corrected chi connectivity index (χ1v) is 7.48. The lowest BCUT2D eigenvalue weighted by Gasteiger charge is -2.39. The number of hydrogen-bond donors (Lipinski definition) is 1. The van der Waals surface area contributed by atoms with Gasteiger partial charge in [-0.15, -0.1) is 0 Å². The molecular weight excluding hydrogens is 288 g/mol. The maximum atomic E-state index is 6.08. The Morgan fingerprint density at radius 1 is 1.28 bits per heavy atom. The molecule has 0 spiro atoms. The average molecular weight is 311 g/mol. The molecule has 2 nitrogen and oxygen atoms in total. The third-order valence-electron chi connectivity index (χ3n) is 3.94. The molecule has 1 atom stereocenters. The molecule has 0 saturated carbocycles. The lowest BCUT2D eigenvalue weighted by atomic mass is 9.82. The Hall–Kier alpha value is -0.540. The first kappa shape index (κ1) is 13.9. The van der Waals surface area contributed by atoms with E-state index in [-0.39, 0.29) is 6.04 Å². The van der Waals surface area contributed by atoms with Gasteiger partial charge in [0.1, 0.15) is 0 Å². The second-order valence-electron chi connectivity index (χ2n) is 6.14. The fraction of sp³-hybridized carbons (Fsp3) is 0.600. The van der Waals surface area contributed by atoms with Crippen molar-refractivity contribution in [3.8, 4) is 0 Å². The molecule has 100 valence electrons. The van der Waals surface area contributed by atoms with Gasteiger partial charge in [0, 0.05) is 29.3 Å². The molecule has 0 amide bonds. The van der Waals surface area contributed by atoms with Crippen molar-refractivity contribution in [2.24, 2.45) is 11.1 Å². The van der Waals surface area contributed by atoms with Gasteiger partial charge in [0.2, 0.25) is 0 Å². The minimum absolute atomic E-state index is 0.0861. The zero-order chi connectivity index (χ0) is 13.3. The molecule has 2 N–H and O–H groups in total. The standard InChI is InChI=1S/C15H23BrN2/c1-11(17)13-5-4-12(16)10-14(13)18-8-6-15(2,3)7-9-18/h4-5,10-11H,6-9,17H2,1-3H3. The van der Waals surface area contributed by atoms with Crippen molar-refractivity contribution < 1.29 is 0 Å². The van der Waals surface area contributed by atoms with Gasteiger partial charge in [0.15, 0.2) is 0 Å². The third-order valence-corrected chi connectivity index (χ3v) is 4.43. The van der Waals surface area contributed by atoms with E-state index >= 15 is 0 Å². The molecule has 18 heavy (non-hydrogen) atoms. The summed E-state index contributed by atoms with van der Waals surface area (Å²) in [6.45, 7) is 9.03. The van der Waals surface area contributed by atoms with Crippen molar-refractivity contribution in [2.45, 2.75) is 39.7 Å². The predicted octanol–water partition coefficient (Wildman–Crippen LogP) is 4.10. The minimum atomic E-state index is 0.0861. The van der Waals surface area contributed by atoms with Crippen LogP contribution in [0.3, 0.4) is 0 Å². The number of hydrogen-bond acceptors (Lipinski definition) is 2. The summed E-state index contributed by atoms with van der Waals surface area (Å²) < 4.78 is 1.13. The second kappa shape index (κ2) is 5.22. The quantitative estimate of drug-likeness (QED) is 0.891. The Morgan fingerprint density at radius 3 is 2.44 bits per heavy atom. The van der Waals surface area contributed by atoms with Crippen LogP contribution in [0.4, 0.5) is 5.69 Å². The highest BCUT2D eigenvalue weighted by molar-refractivity contribution is 9.10. The van der Waals surface area contributed by atoms with Crippen molar-refractivity contribution in [2.75, 3.05) is 18.0 Å². The molecule has 3 heteroatoms. The molecule has 1 heterocycles. The number of rotatable bonds is 2. The molecule has 1 aromatic rings. The largest absolute Gasteiger partial charge is 0.371 e. The topological polar surface area (TPSA) is 29.3 Å². The molecule has 1 aliphatic rings. The molecule has 0 radical (unpaired) electrons. The van der Waals surface area contributed by atoms with E-state index in [1.165, 1.54) is 24.1 Å². The fourth-order valence-electron chi connectivity index (χ4n) is 2.53. The predicted molar refractivity (Wildman–Crippen MR) is 82.0 cm³/mol. The summed E-state index contributed by atoms with van der Waals surface area (Å²) in [5.41, 5.74) is 9.11. The summed E-state index contributed by atoms with van der Waals surface area (Å²) in [6, 6.07) is 6.51. The number of piperidine rings is 1.